The van der Waals surface area contributed by atoms with E-state index in [-0.39, 0.29) is 0 Å². The fraction of sp³-hybridized carbons (Fsp3) is 0.333. The highest BCUT2D eigenvalue weighted by Gasteiger charge is 2.23. The molecule has 2 heterocycles. The van der Waals surface area contributed by atoms with Gasteiger partial charge >= 0.3 is 0 Å². The van der Waals surface area contributed by atoms with E-state index in [9.17, 15) is 0 Å². The van der Waals surface area contributed by atoms with Gasteiger partial charge in [-0.3, -0.25) is 0 Å². The average Bonchev–Trinajstić information content (AvgIpc) is 2.69. The van der Waals surface area contributed by atoms with Crippen molar-refractivity contribution in [3.63, 3.8) is 0 Å². The number of anilines is 2. The molecule has 1 aromatic heterocycles. The molecule has 1 atom stereocenters. The monoisotopic (exact) mass is 229 g/mol. The minimum atomic E-state index is 0.299. The first-order valence-electron chi connectivity index (χ1n) is 5.72. The van der Waals surface area contributed by atoms with Crippen LogP contribution >= 0.6 is 0 Å². The second kappa shape index (κ2) is 3.76. The van der Waals surface area contributed by atoms with Crippen molar-refractivity contribution in [2.45, 2.75) is 12.3 Å². The Balaban J connectivity index is 1.89. The molecule has 0 spiro atoms. The Morgan fingerprint density at radius 3 is 3.00 bits per heavy atom. The number of aromatic nitrogens is 3. The van der Waals surface area contributed by atoms with Crippen LogP contribution in [0.4, 0.5) is 11.6 Å². The maximum absolute atomic E-state index is 5.71. The van der Waals surface area contributed by atoms with Crippen molar-refractivity contribution in [1.29, 1.82) is 0 Å². The number of benzene rings is 1. The Kier molecular flexibility index (Phi) is 2.24. The van der Waals surface area contributed by atoms with Gasteiger partial charge in [-0.05, 0) is 18.1 Å². The summed E-state index contributed by atoms with van der Waals surface area (Å²) in [4.78, 5) is 4.30. The number of nitrogen functional groups attached to an aromatic ring is 1. The minimum absolute atomic E-state index is 0.299. The quantitative estimate of drug-likeness (QED) is 0.769. The summed E-state index contributed by atoms with van der Waals surface area (Å²) in [5.74, 6) is 1.60. The van der Waals surface area contributed by atoms with Crippen LogP contribution in [0.25, 0.3) is 0 Å². The van der Waals surface area contributed by atoms with Crippen LogP contribution in [-0.4, -0.2) is 21.3 Å². The molecule has 88 valence electrons. The molecule has 1 unspecified atom stereocenters. The van der Waals surface area contributed by atoms with Crippen molar-refractivity contribution in [2.75, 3.05) is 17.6 Å². The predicted molar refractivity (Wildman–Crippen MR) is 66.8 cm³/mol. The molecule has 1 aromatic carbocycles. The van der Waals surface area contributed by atoms with E-state index < -0.39 is 0 Å². The SMILES string of the molecule is Cn1nc(C2CNc3ccccc3C2)nc1N. The van der Waals surface area contributed by atoms with Crippen molar-refractivity contribution < 1.29 is 0 Å². The number of hydrogen-bond donors (Lipinski definition) is 2. The number of para-hydroxylation sites is 1. The lowest BCUT2D eigenvalue weighted by atomic mass is 9.93. The van der Waals surface area contributed by atoms with Gasteiger partial charge in [0, 0.05) is 25.2 Å². The smallest absolute Gasteiger partial charge is 0.218 e. The lowest BCUT2D eigenvalue weighted by molar-refractivity contribution is 0.633. The zero-order valence-corrected chi connectivity index (χ0v) is 9.72. The number of fused-ring (bicyclic) bond motifs is 1. The van der Waals surface area contributed by atoms with Gasteiger partial charge in [0.1, 0.15) is 0 Å². The van der Waals surface area contributed by atoms with Gasteiger partial charge in [0.25, 0.3) is 0 Å². The first-order chi connectivity index (χ1) is 8.24. The molecule has 5 nitrogen and oxygen atoms in total. The summed E-state index contributed by atoms with van der Waals surface area (Å²) in [5, 5.41) is 7.76. The van der Waals surface area contributed by atoms with Crippen molar-refractivity contribution in [2.24, 2.45) is 7.05 Å². The third-order valence-corrected chi connectivity index (χ3v) is 3.20. The Labute approximate surface area is 99.7 Å². The summed E-state index contributed by atoms with van der Waals surface area (Å²) < 4.78 is 1.62. The highest BCUT2D eigenvalue weighted by molar-refractivity contribution is 5.54. The largest absolute Gasteiger partial charge is 0.384 e. The minimum Gasteiger partial charge on any atom is -0.384 e. The first kappa shape index (κ1) is 10.1. The van der Waals surface area contributed by atoms with Crippen molar-refractivity contribution >= 4 is 11.6 Å². The maximum atomic E-state index is 5.71. The van der Waals surface area contributed by atoms with E-state index in [4.69, 9.17) is 5.73 Å². The molecule has 17 heavy (non-hydrogen) atoms. The number of rotatable bonds is 1. The highest BCUT2D eigenvalue weighted by atomic mass is 15.4. The molecule has 0 fully saturated rings. The van der Waals surface area contributed by atoms with Gasteiger partial charge in [-0.2, -0.15) is 10.1 Å². The van der Waals surface area contributed by atoms with Crippen LogP contribution in [-0.2, 0) is 13.5 Å². The molecule has 0 aliphatic carbocycles. The van der Waals surface area contributed by atoms with Crippen molar-refractivity contribution in [1.82, 2.24) is 14.8 Å². The first-order valence-corrected chi connectivity index (χ1v) is 5.72. The number of nitrogens with one attached hydrogen (secondary N) is 1. The van der Waals surface area contributed by atoms with Gasteiger partial charge in [-0.25, -0.2) is 4.68 Å². The summed E-state index contributed by atoms with van der Waals surface area (Å²) >= 11 is 0. The van der Waals surface area contributed by atoms with Crippen LogP contribution < -0.4 is 11.1 Å². The molecule has 0 saturated carbocycles. The average molecular weight is 229 g/mol. The van der Waals surface area contributed by atoms with Crippen LogP contribution in [0.3, 0.4) is 0 Å². The standard InChI is InChI=1S/C12H15N5/c1-17-12(13)15-11(16-17)9-6-8-4-2-3-5-10(8)14-7-9/h2-5,9,14H,6-7H2,1H3,(H2,13,15,16). The predicted octanol–water partition coefficient (Wildman–Crippen LogP) is 1.15. The molecule has 1 aliphatic heterocycles. The molecule has 3 rings (SSSR count). The van der Waals surface area contributed by atoms with E-state index in [1.165, 1.54) is 11.3 Å². The number of aryl methyl sites for hydroxylation is 1. The van der Waals surface area contributed by atoms with Crippen LogP contribution in [0.15, 0.2) is 24.3 Å². The summed E-state index contributed by atoms with van der Waals surface area (Å²) in [7, 11) is 1.82. The van der Waals surface area contributed by atoms with E-state index >= 15 is 0 Å². The number of nitrogens with two attached hydrogens (primary N) is 1. The van der Waals surface area contributed by atoms with E-state index in [1.807, 2.05) is 13.1 Å². The van der Waals surface area contributed by atoms with E-state index in [0.717, 1.165) is 18.8 Å². The van der Waals surface area contributed by atoms with Crippen molar-refractivity contribution in [3.05, 3.63) is 35.7 Å². The molecular weight excluding hydrogens is 214 g/mol. The van der Waals surface area contributed by atoms with Crippen molar-refractivity contribution in [3.8, 4) is 0 Å². The summed E-state index contributed by atoms with van der Waals surface area (Å²) in [6, 6.07) is 8.35. The normalized spacial score (nSPS) is 18.5. The third kappa shape index (κ3) is 1.73. The molecule has 2 aromatic rings. The third-order valence-electron chi connectivity index (χ3n) is 3.20. The van der Waals surface area contributed by atoms with Gasteiger partial charge in [-0.1, -0.05) is 18.2 Å². The lowest BCUT2D eigenvalue weighted by Gasteiger charge is -2.23. The van der Waals surface area contributed by atoms with Crippen LogP contribution in [0, 0.1) is 0 Å². The fourth-order valence-corrected chi connectivity index (χ4v) is 2.21. The second-order valence-electron chi connectivity index (χ2n) is 4.39. The maximum Gasteiger partial charge on any atom is 0.218 e. The number of nitrogens with zero attached hydrogens (tertiary/aromatic N) is 3. The number of hydrogen-bond acceptors (Lipinski definition) is 4. The van der Waals surface area contributed by atoms with Crippen LogP contribution in [0.1, 0.15) is 17.3 Å². The van der Waals surface area contributed by atoms with Gasteiger partial charge in [0.2, 0.25) is 5.95 Å². The Bertz CT molecular complexity index is 526. The molecule has 1 aliphatic rings. The summed E-state index contributed by atoms with van der Waals surface area (Å²) in [6.45, 7) is 0.862. The fourth-order valence-electron chi connectivity index (χ4n) is 2.21. The highest BCUT2D eigenvalue weighted by Crippen LogP contribution is 2.28. The molecule has 0 radical (unpaired) electrons. The molecular formula is C12H15N5. The van der Waals surface area contributed by atoms with Gasteiger partial charge in [0.05, 0.1) is 0 Å². The molecule has 0 bridgehead atoms. The molecule has 0 saturated heterocycles. The molecule has 5 heteroatoms. The molecule has 3 N–H and O–H groups in total. The van der Waals surface area contributed by atoms with Crippen LogP contribution in [0.5, 0.6) is 0 Å². The molecule has 0 amide bonds. The lowest BCUT2D eigenvalue weighted by Crippen LogP contribution is -2.22. The second-order valence-corrected chi connectivity index (χ2v) is 4.39. The van der Waals surface area contributed by atoms with E-state index in [2.05, 4.69) is 33.6 Å². The Morgan fingerprint density at radius 2 is 2.24 bits per heavy atom. The van der Waals surface area contributed by atoms with Gasteiger partial charge < -0.3 is 11.1 Å². The Hall–Kier alpha value is -2.04. The zero-order chi connectivity index (χ0) is 11.8. The zero-order valence-electron chi connectivity index (χ0n) is 9.72. The van der Waals surface area contributed by atoms with E-state index in [1.54, 1.807) is 4.68 Å². The van der Waals surface area contributed by atoms with E-state index in [0.29, 0.717) is 11.9 Å². The van der Waals surface area contributed by atoms with Crippen LogP contribution in [0.2, 0.25) is 0 Å². The summed E-state index contributed by atoms with van der Waals surface area (Å²) in [6.07, 6.45) is 0.965. The topological polar surface area (TPSA) is 68.8 Å². The van der Waals surface area contributed by atoms with Gasteiger partial charge in [0.15, 0.2) is 5.82 Å². The Morgan fingerprint density at radius 1 is 1.41 bits per heavy atom. The summed E-state index contributed by atoms with van der Waals surface area (Å²) in [5.41, 5.74) is 8.24. The van der Waals surface area contributed by atoms with Gasteiger partial charge in [-0.15, -0.1) is 0 Å².